The second kappa shape index (κ2) is 9.77. The second-order valence-corrected chi connectivity index (χ2v) is 7.50. The normalized spacial score (nSPS) is 23.4. The predicted octanol–water partition coefficient (Wildman–Crippen LogP) is 0.582. The van der Waals surface area contributed by atoms with Gasteiger partial charge in [0.25, 0.3) is 0 Å². The summed E-state index contributed by atoms with van der Waals surface area (Å²) in [5.41, 5.74) is 3.57. The van der Waals surface area contributed by atoms with Gasteiger partial charge in [-0.25, -0.2) is 20.4 Å². The van der Waals surface area contributed by atoms with Gasteiger partial charge in [-0.15, -0.1) is 0 Å². The first kappa shape index (κ1) is 21.7. The lowest BCUT2D eigenvalue weighted by atomic mass is 10.1. The van der Waals surface area contributed by atoms with Crippen LogP contribution in [-0.4, -0.2) is 79.2 Å². The van der Waals surface area contributed by atoms with Crippen molar-refractivity contribution in [2.75, 3.05) is 31.6 Å². The highest BCUT2D eigenvalue weighted by atomic mass is 32.2. The van der Waals surface area contributed by atoms with Gasteiger partial charge >= 0.3 is 0 Å². The molecule has 0 aliphatic carbocycles. The van der Waals surface area contributed by atoms with Crippen molar-refractivity contribution in [3.05, 3.63) is 36.7 Å². The number of aliphatic hydroxyl groups is 3. The smallest absolute Gasteiger partial charge is 0.191 e. The number of hydrogen-bond acceptors (Lipinski definition) is 11. The Morgan fingerprint density at radius 3 is 2.68 bits per heavy atom. The van der Waals surface area contributed by atoms with Gasteiger partial charge in [-0.1, -0.05) is 30.0 Å². The van der Waals surface area contributed by atoms with E-state index in [1.807, 2.05) is 36.6 Å². The Morgan fingerprint density at radius 2 is 1.97 bits per heavy atom. The van der Waals surface area contributed by atoms with Crippen molar-refractivity contribution in [3.8, 4) is 5.75 Å². The molecule has 1 aliphatic heterocycles. The number of aliphatic hydroxyl groups excluding tert-OH is 3. The Hall–Kier alpha value is -2.48. The number of nitrogens with zero attached hydrogens (tertiary/aromatic N) is 4. The molecule has 3 heterocycles. The van der Waals surface area contributed by atoms with Crippen LogP contribution in [0, 0.1) is 0 Å². The molecule has 0 amide bonds. The third-order valence-corrected chi connectivity index (χ3v) is 5.29. The monoisotopic (exact) mass is 449 g/mol. The first-order valence-corrected chi connectivity index (χ1v) is 10.8. The maximum atomic E-state index is 10.3. The summed E-state index contributed by atoms with van der Waals surface area (Å²) in [6.45, 7) is 0.167. The number of imidazole rings is 1. The molecule has 1 aromatic carbocycles. The van der Waals surface area contributed by atoms with E-state index < -0.39 is 31.1 Å². The van der Waals surface area contributed by atoms with Crippen molar-refractivity contribution < 1.29 is 29.6 Å². The fourth-order valence-corrected chi connectivity index (χ4v) is 3.55. The van der Waals surface area contributed by atoms with E-state index in [1.165, 1.54) is 22.7 Å². The van der Waals surface area contributed by atoms with Crippen LogP contribution in [0.2, 0.25) is 0 Å². The summed E-state index contributed by atoms with van der Waals surface area (Å²) in [7, 11) is 0. The van der Waals surface area contributed by atoms with E-state index in [0.29, 0.717) is 28.7 Å². The molecular weight excluding hydrogens is 426 g/mol. The zero-order chi connectivity index (χ0) is 21.8. The van der Waals surface area contributed by atoms with Gasteiger partial charge in [-0.3, -0.25) is 9.40 Å². The lowest BCUT2D eigenvalue weighted by molar-refractivity contribution is -0.0511. The number of benzene rings is 1. The molecule has 11 nitrogen and oxygen atoms in total. The third-order valence-electron chi connectivity index (χ3n) is 4.74. The summed E-state index contributed by atoms with van der Waals surface area (Å²) in [6, 6.07) is 9.40. The van der Waals surface area contributed by atoms with Crippen LogP contribution < -0.4 is 10.2 Å². The Morgan fingerprint density at radius 1 is 1.16 bits per heavy atom. The van der Waals surface area contributed by atoms with E-state index in [0.717, 1.165) is 5.75 Å². The summed E-state index contributed by atoms with van der Waals surface area (Å²) in [5.74, 6) is 1.09. The average Bonchev–Trinajstić information content (AvgIpc) is 3.34. The molecule has 4 rings (SSSR count). The molecule has 4 N–H and O–H groups in total. The molecule has 0 saturated carbocycles. The number of para-hydroxylation sites is 1. The molecule has 3 aromatic rings. The van der Waals surface area contributed by atoms with Crippen LogP contribution in [0.25, 0.3) is 11.2 Å². The summed E-state index contributed by atoms with van der Waals surface area (Å²) in [5, 5.41) is 30.2. The molecule has 1 saturated heterocycles. The number of fused-ring (bicyclic) bond motifs is 1. The van der Waals surface area contributed by atoms with Crippen molar-refractivity contribution in [2.45, 2.75) is 29.7 Å². The molecule has 0 radical (unpaired) electrons. The van der Waals surface area contributed by atoms with Crippen molar-refractivity contribution in [1.29, 1.82) is 0 Å². The van der Waals surface area contributed by atoms with Crippen LogP contribution in [0.4, 0.5) is 5.82 Å². The minimum Gasteiger partial charge on any atom is -0.491 e. The molecule has 0 spiro atoms. The van der Waals surface area contributed by atoms with E-state index in [1.54, 1.807) is 0 Å². The molecule has 4 atom stereocenters. The van der Waals surface area contributed by atoms with Gasteiger partial charge in [0, 0.05) is 0 Å². The minimum atomic E-state index is -1.25. The quantitative estimate of drug-likeness (QED) is 0.158. The largest absolute Gasteiger partial charge is 0.491 e. The van der Waals surface area contributed by atoms with Crippen molar-refractivity contribution in [3.63, 3.8) is 0 Å². The second-order valence-electron chi connectivity index (χ2n) is 6.72. The van der Waals surface area contributed by atoms with Crippen molar-refractivity contribution >= 4 is 28.7 Å². The van der Waals surface area contributed by atoms with Crippen LogP contribution in [0.1, 0.15) is 6.23 Å². The summed E-state index contributed by atoms with van der Waals surface area (Å²) < 4.78 is 12.7. The molecule has 12 heteroatoms. The number of aromatic nitrogens is 4. The Bertz CT molecular complexity index is 1010. The standard InChI is InChI=1S/C19H23N5O6S/c1-31-19-21-16(23-29-8-7-28-11-5-3-2-4-6-11)13-17(22-19)24(10-20-13)18-15(27)14(26)12(9-25)30-18/h2-6,10,12,14-15,18,25-27H,7-9H2,1H3,(H,21,22,23)/t12-,14-,15-,18-/m1/s1. The zero-order valence-corrected chi connectivity index (χ0v) is 17.5. The lowest BCUT2D eigenvalue weighted by Crippen LogP contribution is -2.33. The molecule has 166 valence electrons. The Balaban J connectivity index is 1.48. The maximum absolute atomic E-state index is 10.3. The molecular formula is C19H23N5O6S. The van der Waals surface area contributed by atoms with Crippen LogP contribution in [0.15, 0.2) is 41.8 Å². The average molecular weight is 449 g/mol. The Labute approximate surface area is 182 Å². The zero-order valence-electron chi connectivity index (χ0n) is 16.7. The molecule has 1 aliphatic rings. The van der Waals surface area contributed by atoms with Crippen LogP contribution >= 0.6 is 11.8 Å². The number of hydrogen-bond donors (Lipinski definition) is 4. The van der Waals surface area contributed by atoms with E-state index in [-0.39, 0.29) is 6.61 Å². The summed E-state index contributed by atoms with van der Waals surface area (Å²) >= 11 is 1.32. The minimum absolute atomic E-state index is 0.254. The SMILES string of the molecule is CSc1nc(NOCCOc2ccccc2)c2ncn([C@@H]3O[C@H](CO)[C@@H](O)[C@H]3O)c2n1. The highest BCUT2D eigenvalue weighted by Crippen LogP contribution is 2.33. The number of anilines is 1. The number of rotatable bonds is 9. The first-order chi connectivity index (χ1) is 15.1. The predicted molar refractivity (Wildman–Crippen MR) is 112 cm³/mol. The topological polar surface area (TPSA) is 144 Å². The fraction of sp³-hybridized carbons (Fsp3) is 0.421. The van der Waals surface area contributed by atoms with Crippen LogP contribution in [-0.2, 0) is 9.57 Å². The number of nitrogens with one attached hydrogen (secondary N) is 1. The number of thioether (sulfide) groups is 1. The van der Waals surface area contributed by atoms with Crippen LogP contribution in [0.3, 0.4) is 0 Å². The fourth-order valence-electron chi connectivity index (χ4n) is 3.19. The van der Waals surface area contributed by atoms with E-state index in [9.17, 15) is 15.3 Å². The molecule has 0 unspecified atom stereocenters. The van der Waals surface area contributed by atoms with Gasteiger partial charge in [0.15, 0.2) is 28.4 Å². The summed E-state index contributed by atoms with van der Waals surface area (Å²) in [6.07, 6.45) is -1.05. The molecule has 2 aromatic heterocycles. The molecule has 31 heavy (non-hydrogen) atoms. The van der Waals surface area contributed by atoms with Crippen LogP contribution in [0.5, 0.6) is 5.75 Å². The van der Waals surface area contributed by atoms with Gasteiger partial charge < -0.3 is 24.8 Å². The highest BCUT2D eigenvalue weighted by Gasteiger charge is 2.44. The van der Waals surface area contributed by atoms with E-state index in [2.05, 4.69) is 20.4 Å². The molecule has 0 bridgehead atoms. The van der Waals surface area contributed by atoms with Gasteiger partial charge in [0.2, 0.25) is 0 Å². The van der Waals surface area contributed by atoms with Crippen molar-refractivity contribution in [1.82, 2.24) is 19.5 Å². The maximum Gasteiger partial charge on any atom is 0.191 e. The van der Waals surface area contributed by atoms with E-state index >= 15 is 0 Å². The van der Waals surface area contributed by atoms with Gasteiger partial charge in [0.1, 0.15) is 37.3 Å². The molecule has 1 fully saturated rings. The lowest BCUT2D eigenvalue weighted by Gasteiger charge is -2.17. The first-order valence-electron chi connectivity index (χ1n) is 9.59. The number of ether oxygens (including phenoxy) is 2. The Kier molecular flexibility index (Phi) is 6.85. The van der Waals surface area contributed by atoms with Crippen molar-refractivity contribution in [2.24, 2.45) is 0 Å². The van der Waals surface area contributed by atoms with Gasteiger partial charge in [-0.05, 0) is 18.4 Å². The highest BCUT2D eigenvalue weighted by molar-refractivity contribution is 7.98. The third kappa shape index (κ3) is 4.59. The van der Waals surface area contributed by atoms with Gasteiger partial charge in [-0.2, -0.15) is 0 Å². The summed E-state index contributed by atoms with van der Waals surface area (Å²) in [4.78, 5) is 18.6. The van der Waals surface area contributed by atoms with Gasteiger partial charge in [0.05, 0.1) is 12.9 Å². The van der Waals surface area contributed by atoms with E-state index in [4.69, 9.17) is 14.3 Å².